The minimum Gasteiger partial charge on any atom is -0.351 e. The van der Waals surface area contributed by atoms with Gasteiger partial charge in [0.25, 0.3) is 0 Å². The van der Waals surface area contributed by atoms with Gasteiger partial charge in [-0.05, 0) is 55.9 Å². The first kappa shape index (κ1) is 20.4. The van der Waals surface area contributed by atoms with Crippen LogP contribution >= 0.6 is 34.8 Å². The maximum absolute atomic E-state index is 6.06. The number of hydrogen-bond acceptors (Lipinski definition) is 6. The lowest BCUT2D eigenvalue weighted by atomic mass is 10.1. The molecule has 1 saturated heterocycles. The van der Waals surface area contributed by atoms with E-state index in [-0.39, 0.29) is 11.9 Å². The fourth-order valence-electron chi connectivity index (χ4n) is 3.35. The van der Waals surface area contributed by atoms with E-state index in [0.717, 1.165) is 42.4 Å². The van der Waals surface area contributed by atoms with Crippen LogP contribution < -0.4 is 10.6 Å². The summed E-state index contributed by atoms with van der Waals surface area (Å²) < 4.78 is -1.74. The van der Waals surface area contributed by atoms with E-state index in [9.17, 15) is 0 Å². The third-order valence-electron chi connectivity index (χ3n) is 4.95. The van der Waals surface area contributed by atoms with Crippen molar-refractivity contribution < 1.29 is 0 Å². The number of piperidine rings is 1. The van der Waals surface area contributed by atoms with Crippen molar-refractivity contribution >= 4 is 63.2 Å². The van der Waals surface area contributed by atoms with Gasteiger partial charge in [-0.2, -0.15) is 15.0 Å². The van der Waals surface area contributed by atoms with Crippen LogP contribution in [0.5, 0.6) is 0 Å². The van der Waals surface area contributed by atoms with Crippen LogP contribution in [0.4, 0.5) is 17.6 Å². The van der Waals surface area contributed by atoms with Gasteiger partial charge in [-0.1, -0.05) is 65.1 Å². The molecule has 0 spiro atoms. The molecule has 0 radical (unpaired) electrons. The molecule has 2 N–H and O–H groups in total. The Morgan fingerprint density at radius 1 is 0.931 bits per heavy atom. The second kappa shape index (κ2) is 8.48. The molecule has 1 aliphatic rings. The Bertz CT molecular complexity index is 999. The number of alkyl halides is 3. The van der Waals surface area contributed by atoms with E-state index in [2.05, 4.69) is 43.6 Å². The molecule has 0 saturated carbocycles. The summed E-state index contributed by atoms with van der Waals surface area (Å²) in [7, 11) is 2.12. The van der Waals surface area contributed by atoms with E-state index in [0.29, 0.717) is 11.9 Å². The van der Waals surface area contributed by atoms with Crippen LogP contribution in [0.1, 0.15) is 18.7 Å². The molecule has 0 bridgehead atoms. The predicted molar refractivity (Wildman–Crippen MR) is 120 cm³/mol. The third-order valence-corrected chi connectivity index (χ3v) is 5.45. The predicted octanol–water partition coefficient (Wildman–Crippen LogP) is 5.10. The van der Waals surface area contributed by atoms with Gasteiger partial charge < -0.3 is 15.5 Å². The highest BCUT2D eigenvalue weighted by molar-refractivity contribution is 6.66. The van der Waals surface area contributed by atoms with Gasteiger partial charge in [0.2, 0.25) is 15.7 Å². The Morgan fingerprint density at radius 3 is 2.34 bits per heavy atom. The number of fused-ring (bicyclic) bond motifs is 1. The lowest BCUT2D eigenvalue weighted by Gasteiger charge is -2.29. The van der Waals surface area contributed by atoms with Crippen LogP contribution in [0.25, 0.3) is 10.8 Å². The number of benzene rings is 2. The summed E-state index contributed by atoms with van der Waals surface area (Å²) in [5.41, 5.74) is 0.843. The Morgan fingerprint density at radius 2 is 1.62 bits per heavy atom. The second-order valence-electron chi connectivity index (χ2n) is 7.21. The highest BCUT2D eigenvalue weighted by Gasteiger charge is 2.29. The minimum atomic E-state index is -1.74. The number of aromatic nitrogens is 3. The van der Waals surface area contributed by atoms with Gasteiger partial charge in [0.15, 0.2) is 5.82 Å². The summed E-state index contributed by atoms with van der Waals surface area (Å²) in [6.07, 6.45) is 2.00. The Kier molecular flexibility index (Phi) is 5.97. The van der Waals surface area contributed by atoms with Crippen LogP contribution in [0.15, 0.2) is 42.5 Å². The normalized spacial score (nSPS) is 16.1. The molecule has 0 aliphatic carbocycles. The summed E-state index contributed by atoms with van der Waals surface area (Å²) in [5.74, 6) is 0.808. The molecule has 0 atom stereocenters. The first-order valence-corrected chi connectivity index (χ1v) is 10.5. The molecule has 152 valence electrons. The number of hydrogen-bond donors (Lipinski definition) is 2. The SMILES string of the molecule is CN1CCC(Nc2nc(Nc3ccc4ccccc4c3)nc(C(Cl)(Cl)Cl)n2)CC1. The number of nitrogens with zero attached hydrogens (tertiary/aromatic N) is 4. The highest BCUT2D eigenvalue weighted by atomic mass is 35.6. The average Bonchev–Trinajstić information content (AvgIpc) is 2.69. The van der Waals surface area contributed by atoms with E-state index >= 15 is 0 Å². The van der Waals surface area contributed by atoms with Crippen molar-refractivity contribution in [2.24, 2.45) is 0 Å². The maximum atomic E-state index is 6.06. The van der Waals surface area contributed by atoms with Crippen molar-refractivity contribution in [3.63, 3.8) is 0 Å². The molecular formula is C20H21Cl3N6. The Balaban J connectivity index is 1.60. The smallest absolute Gasteiger partial charge is 0.250 e. The highest BCUT2D eigenvalue weighted by Crippen LogP contribution is 2.36. The molecule has 6 nitrogen and oxygen atoms in total. The van der Waals surface area contributed by atoms with Crippen LogP contribution in [-0.4, -0.2) is 46.0 Å². The molecular weight excluding hydrogens is 431 g/mol. The Labute approximate surface area is 184 Å². The van der Waals surface area contributed by atoms with Gasteiger partial charge >= 0.3 is 0 Å². The van der Waals surface area contributed by atoms with Gasteiger partial charge in [-0.3, -0.25) is 0 Å². The van der Waals surface area contributed by atoms with Crippen molar-refractivity contribution in [2.75, 3.05) is 30.8 Å². The van der Waals surface area contributed by atoms with Crippen molar-refractivity contribution in [1.82, 2.24) is 19.9 Å². The lowest BCUT2D eigenvalue weighted by molar-refractivity contribution is 0.263. The minimum absolute atomic E-state index is 0.0798. The van der Waals surface area contributed by atoms with Crippen LogP contribution in [0.2, 0.25) is 0 Å². The van der Waals surface area contributed by atoms with Gasteiger partial charge in [-0.15, -0.1) is 0 Å². The zero-order valence-electron chi connectivity index (χ0n) is 15.9. The summed E-state index contributed by atoms with van der Waals surface area (Å²) in [4.78, 5) is 15.4. The molecule has 2 heterocycles. The standard InChI is InChI=1S/C20H21Cl3N6/c1-29-10-8-15(9-11-29)24-18-26-17(20(21,22)23)27-19(28-18)25-16-7-6-13-4-2-3-5-14(13)12-16/h2-7,12,15H,8-11H2,1H3,(H2,24,25,26,27,28). The number of halogens is 3. The number of rotatable bonds is 4. The first-order valence-electron chi connectivity index (χ1n) is 9.41. The largest absolute Gasteiger partial charge is 0.351 e. The molecule has 3 aromatic rings. The van der Waals surface area contributed by atoms with Crippen molar-refractivity contribution in [3.8, 4) is 0 Å². The molecule has 0 amide bonds. The molecule has 1 aromatic heterocycles. The molecule has 1 aliphatic heterocycles. The molecule has 0 unspecified atom stereocenters. The summed E-state index contributed by atoms with van der Waals surface area (Å²) in [6.45, 7) is 2.03. The monoisotopic (exact) mass is 450 g/mol. The van der Waals surface area contributed by atoms with Crippen LogP contribution in [0, 0.1) is 0 Å². The fourth-order valence-corrected chi connectivity index (χ4v) is 3.61. The van der Waals surface area contributed by atoms with Gasteiger partial charge in [-0.25, -0.2) is 0 Å². The average molecular weight is 452 g/mol. The summed E-state index contributed by atoms with van der Waals surface area (Å²) in [5, 5.41) is 8.83. The second-order valence-corrected chi connectivity index (χ2v) is 9.49. The third kappa shape index (κ3) is 5.20. The quantitative estimate of drug-likeness (QED) is 0.538. The number of likely N-dealkylation sites (tertiary alicyclic amines) is 1. The zero-order chi connectivity index (χ0) is 20.4. The fraction of sp³-hybridized carbons (Fsp3) is 0.350. The number of anilines is 3. The molecule has 29 heavy (non-hydrogen) atoms. The van der Waals surface area contributed by atoms with Crippen molar-refractivity contribution in [1.29, 1.82) is 0 Å². The molecule has 4 rings (SSSR count). The van der Waals surface area contributed by atoms with Gasteiger partial charge in [0.1, 0.15) is 0 Å². The van der Waals surface area contributed by atoms with E-state index in [1.807, 2.05) is 36.4 Å². The van der Waals surface area contributed by atoms with Crippen molar-refractivity contribution in [2.45, 2.75) is 22.7 Å². The Hall–Kier alpha value is -1.86. The van der Waals surface area contributed by atoms with Crippen molar-refractivity contribution in [3.05, 3.63) is 48.3 Å². The number of nitrogens with one attached hydrogen (secondary N) is 2. The zero-order valence-corrected chi connectivity index (χ0v) is 18.1. The summed E-state index contributed by atoms with van der Waals surface area (Å²) >= 11 is 18.2. The van der Waals surface area contributed by atoms with E-state index in [1.54, 1.807) is 0 Å². The van der Waals surface area contributed by atoms with E-state index in [1.165, 1.54) is 0 Å². The van der Waals surface area contributed by atoms with Gasteiger partial charge in [0, 0.05) is 11.7 Å². The molecule has 1 fully saturated rings. The van der Waals surface area contributed by atoms with Gasteiger partial charge in [0.05, 0.1) is 0 Å². The lowest BCUT2D eigenvalue weighted by Crippen LogP contribution is -2.37. The maximum Gasteiger partial charge on any atom is 0.250 e. The summed E-state index contributed by atoms with van der Waals surface area (Å²) in [6, 6.07) is 14.4. The van der Waals surface area contributed by atoms with Crippen LogP contribution in [-0.2, 0) is 3.79 Å². The van der Waals surface area contributed by atoms with Crippen LogP contribution in [0.3, 0.4) is 0 Å². The molecule has 9 heteroatoms. The topological polar surface area (TPSA) is 66.0 Å². The van der Waals surface area contributed by atoms with E-state index < -0.39 is 3.79 Å². The molecule has 2 aromatic carbocycles. The van der Waals surface area contributed by atoms with E-state index in [4.69, 9.17) is 34.8 Å². The first-order chi connectivity index (χ1) is 13.9.